The van der Waals surface area contributed by atoms with Gasteiger partial charge >= 0.3 is 72.1 Å². The number of hydrogen-bond acceptors (Lipinski definition) is 0. The maximum absolute atomic E-state index is 3.06. The second kappa shape index (κ2) is 0.303. The molecule has 8 unspecified atom stereocenters. The van der Waals surface area contributed by atoms with E-state index >= 15 is 0 Å². The summed E-state index contributed by atoms with van der Waals surface area (Å²) in [5, 5.41) is 0. The third-order valence-corrected chi connectivity index (χ3v) is 91.7. The molecule has 8 atom stereocenters. The van der Waals surface area contributed by atoms with Gasteiger partial charge in [0, 0.05) is 0 Å². The molecule has 0 amide bonds. The van der Waals surface area contributed by atoms with Gasteiger partial charge in [0.1, 0.15) is 0 Å². The van der Waals surface area contributed by atoms with Gasteiger partial charge in [-0.3, -0.25) is 0 Å². The van der Waals surface area contributed by atoms with Crippen LogP contribution >= 0.6 is 0 Å². The molecule has 0 bridgehead atoms. The van der Waals surface area contributed by atoms with E-state index in [0.717, 1.165) is 12.0 Å². The Morgan fingerprint density at radius 3 is 1.21 bits per heavy atom. The molecule has 0 N–H and O–H groups in total. The van der Waals surface area contributed by atoms with Gasteiger partial charge in [-0.25, -0.2) is 0 Å². The van der Waals surface area contributed by atoms with Crippen LogP contribution in [0.25, 0.3) is 0 Å². The molecule has 1 heteroatoms. The third-order valence-electron chi connectivity index (χ3n) is 17.1. The van der Waals surface area contributed by atoms with E-state index in [1.165, 1.54) is 31.6 Å². The molecule has 10 rings (SSSR count). The van der Waals surface area contributed by atoms with Crippen LogP contribution in [-0.4, -0.2) is 0 Å². The fraction of sp³-hybridized carbons (Fsp3) is 1.00. The first-order valence-corrected chi connectivity index (χ1v) is 16.2. The van der Waals surface area contributed by atoms with Crippen molar-refractivity contribution in [2.24, 2.45) is 0 Å². The maximum atomic E-state index is 2.83. The van der Waals surface area contributed by atoms with Crippen molar-refractivity contribution in [3.8, 4) is 0 Å². The number of rotatable bonds is 0. The monoisotopic (exact) mass is 274 g/mol. The summed E-state index contributed by atoms with van der Waals surface area (Å²) in [7, 11) is -3.06. The molecule has 10 heterocycles. The van der Waals surface area contributed by atoms with Crippen molar-refractivity contribution in [3.05, 3.63) is 0 Å². The first kappa shape index (κ1) is 4.86. The van der Waals surface area contributed by atoms with E-state index in [-0.39, 0.29) is 0 Å². The fourth-order valence-electron chi connectivity index (χ4n) is 20.4. The number of hydrogen-bond donors (Lipinski definition) is 0. The zero-order valence-corrected chi connectivity index (χ0v) is 10.6. The molecule has 0 radical (unpaired) electrons. The summed E-state index contributed by atoms with van der Waals surface area (Å²) >= 11 is 0. The van der Waals surface area contributed by atoms with Gasteiger partial charge in [-0.1, -0.05) is 0 Å². The summed E-state index contributed by atoms with van der Waals surface area (Å²) < 4.78 is 13.9. The molecule has 1 spiro atoms. The first-order chi connectivity index (χ1) is 6.32. The van der Waals surface area contributed by atoms with Crippen molar-refractivity contribution in [1.29, 1.82) is 0 Å². The van der Waals surface area contributed by atoms with Gasteiger partial charge in [0.25, 0.3) is 0 Å². The molecular formula is C13H16Ru. The molecule has 0 aromatic carbocycles. The van der Waals surface area contributed by atoms with Crippen LogP contribution in [-0.2, 0) is 7.72 Å². The average molecular weight is 273 g/mol. The molecule has 10 aliphatic heterocycles. The fourth-order valence-corrected chi connectivity index (χ4v) is 164. The van der Waals surface area contributed by atoms with E-state index in [1.807, 2.05) is 0 Å². The Bertz CT molecular complexity index is 911. The Morgan fingerprint density at radius 1 is 0.714 bits per heavy atom. The zero-order chi connectivity index (χ0) is 8.86. The van der Waals surface area contributed by atoms with Crippen molar-refractivity contribution in [2.75, 3.05) is 0 Å². The molecule has 0 aromatic rings. The van der Waals surface area contributed by atoms with Gasteiger partial charge in [0.05, 0.1) is 0 Å². The van der Waals surface area contributed by atoms with E-state index in [4.69, 9.17) is 0 Å². The molecule has 10 aliphatic rings. The molecule has 10 saturated heterocycles. The first-order valence-electron chi connectivity index (χ1n) is 6.52. The molecule has 0 aliphatic carbocycles. The molecule has 14 heavy (non-hydrogen) atoms. The average Bonchev–Trinajstić information content (AvgIpc) is 3.05. The zero-order valence-electron chi connectivity index (χ0n) is 8.90. The van der Waals surface area contributed by atoms with Crippen molar-refractivity contribution in [2.45, 2.75) is 64.4 Å². The Kier molecular flexibility index (Phi) is 0.105. The molecule has 76 valence electrons. The van der Waals surface area contributed by atoms with Gasteiger partial charge < -0.3 is 0 Å². The molecular weight excluding hydrogens is 257 g/mol. The van der Waals surface area contributed by atoms with Crippen LogP contribution < -0.4 is 0 Å². The van der Waals surface area contributed by atoms with Crippen LogP contribution in [0.3, 0.4) is 0 Å². The van der Waals surface area contributed by atoms with Crippen LogP contribution in [0.2, 0.25) is 43.6 Å². The summed E-state index contributed by atoms with van der Waals surface area (Å²) in [6, 6.07) is 0. The molecule has 0 saturated carbocycles. The second-order valence-corrected chi connectivity index (χ2v) is 48.3. The summed E-state index contributed by atoms with van der Waals surface area (Å²) in [6.45, 7) is 8.50. The van der Waals surface area contributed by atoms with Crippen LogP contribution in [0.5, 0.6) is 0 Å². The van der Waals surface area contributed by atoms with Crippen molar-refractivity contribution in [1.82, 2.24) is 0 Å². The molecule has 10 fully saturated rings. The number of fused-ring (bicyclic) bond motifs is 10. The normalized spacial score (nSPS) is 153. The topological polar surface area (TPSA) is 0 Å². The van der Waals surface area contributed by atoms with Gasteiger partial charge in [0.15, 0.2) is 0 Å². The predicted octanol–water partition coefficient (Wildman–Crippen LogP) is 4.55. The Balaban J connectivity index is 2.11. The summed E-state index contributed by atoms with van der Waals surface area (Å²) in [4.78, 5) is 0. The molecule has 0 nitrogen and oxygen atoms in total. The van der Waals surface area contributed by atoms with E-state index in [9.17, 15) is 0 Å². The minimum atomic E-state index is -3.06. The van der Waals surface area contributed by atoms with E-state index in [2.05, 4.69) is 20.8 Å². The van der Waals surface area contributed by atoms with Gasteiger partial charge in [0.2, 0.25) is 0 Å². The van der Waals surface area contributed by atoms with Crippen LogP contribution in [0.4, 0.5) is 0 Å². The summed E-state index contributed by atoms with van der Waals surface area (Å²) in [5.74, 6) is 0. The molecule has 0 aromatic heterocycles. The van der Waals surface area contributed by atoms with Crippen molar-refractivity contribution < 1.29 is 7.72 Å². The Morgan fingerprint density at radius 2 is 1.21 bits per heavy atom. The van der Waals surface area contributed by atoms with Gasteiger partial charge in [-0.05, 0) is 0 Å². The Labute approximate surface area is 72.2 Å². The summed E-state index contributed by atoms with van der Waals surface area (Å²) in [5.41, 5.74) is 0. The minimum absolute atomic E-state index is 1.14. The SMILES string of the molecule is C[C]12[CH]3[CH]4[CH]5[CH]1[Ru]45321678[CH]2[CH]1[C]6(C)[CH]7[C]28C. The van der Waals surface area contributed by atoms with E-state index in [0.29, 0.717) is 0 Å². The van der Waals surface area contributed by atoms with Crippen LogP contribution in [0.1, 0.15) is 20.8 Å². The van der Waals surface area contributed by atoms with Crippen LogP contribution in [0, 0.1) is 0 Å². The predicted molar refractivity (Wildman–Crippen MR) is 51.4 cm³/mol. The van der Waals surface area contributed by atoms with Crippen molar-refractivity contribution in [3.63, 3.8) is 0 Å². The second-order valence-electron chi connectivity index (χ2n) is 11.0. The quantitative estimate of drug-likeness (QED) is 0.568. The standard InChI is InChI=1S/C7H9.C6H7.Ru/c1-6-3-4-7(2)5-6;1-6-4-2-3-5-6;/h3-5H,1-2H3;2-5H,1H3;. The third kappa shape index (κ3) is 0.0297. The van der Waals surface area contributed by atoms with Gasteiger partial charge in [-0.15, -0.1) is 0 Å². The van der Waals surface area contributed by atoms with Crippen molar-refractivity contribution >= 4 is 0 Å². The summed E-state index contributed by atoms with van der Waals surface area (Å²) in [6.07, 6.45) is 0. The van der Waals surface area contributed by atoms with E-state index < -0.39 is 7.72 Å². The van der Waals surface area contributed by atoms with Gasteiger partial charge in [-0.2, -0.15) is 0 Å². The van der Waals surface area contributed by atoms with E-state index in [1.54, 1.807) is 0 Å². The Hall–Kier alpha value is 0.623. The van der Waals surface area contributed by atoms with Crippen LogP contribution in [0.15, 0.2) is 0 Å².